The van der Waals surface area contributed by atoms with Gasteiger partial charge in [-0.15, -0.1) is 11.6 Å². The summed E-state index contributed by atoms with van der Waals surface area (Å²) in [6.07, 6.45) is -1.76. The molecule has 9 nitrogen and oxygen atoms in total. The summed E-state index contributed by atoms with van der Waals surface area (Å²) in [5.74, 6) is -0.823. The maximum atomic E-state index is 13.4. The lowest BCUT2D eigenvalue weighted by Gasteiger charge is -2.45. The van der Waals surface area contributed by atoms with Crippen LogP contribution in [0, 0.1) is 23.7 Å². The Hall–Kier alpha value is -0.280. The molecule has 3 saturated heterocycles. The van der Waals surface area contributed by atoms with E-state index >= 15 is 0 Å². The molecule has 0 amide bonds. The van der Waals surface area contributed by atoms with Crippen LogP contribution in [0.1, 0.15) is 38.5 Å². The van der Waals surface area contributed by atoms with Gasteiger partial charge < -0.3 is 20.8 Å². The van der Waals surface area contributed by atoms with Gasteiger partial charge in [0.2, 0.25) is 0 Å². The van der Waals surface area contributed by atoms with Crippen molar-refractivity contribution in [3.05, 3.63) is 0 Å². The zero-order valence-electron chi connectivity index (χ0n) is 21.8. The predicted octanol–water partition coefficient (Wildman–Crippen LogP) is -0.274. The van der Waals surface area contributed by atoms with Crippen LogP contribution in [-0.2, 0) is 0 Å². The van der Waals surface area contributed by atoms with E-state index in [-0.39, 0.29) is 54.9 Å². The third-order valence-corrected chi connectivity index (χ3v) is 11.2. The lowest BCUT2D eigenvalue weighted by molar-refractivity contribution is -0.182. The number of nitrogens with two attached hydrogens (primary N) is 1. The number of halogens is 4. The highest BCUT2D eigenvalue weighted by atomic mass is 35.5. The topological polar surface area (TPSA) is 121 Å². The van der Waals surface area contributed by atoms with Crippen LogP contribution < -0.4 is 27.0 Å². The van der Waals surface area contributed by atoms with Crippen LogP contribution in [0.25, 0.3) is 0 Å². The molecular weight excluding hydrogens is 523 g/mol. The van der Waals surface area contributed by atoms with E-state index in [1.54, 1.807) is 0 Å². The Morgan fingerprint density at radius 1 is 1.03 bits per heavy atom. The molecule has 13 heteroatoms. The average molecular weight is 566 g/mol. The minimum Gasteiger partial charge on any atom is -0.390 e. The number of aliphatic hydroxyl groups excluding tert-OH is 2. The second-order valence-electron chi connectivity index (χ2n) is 12.8. The fraction of sp³-hybridized carbons (Fsp3) is 1.00. The molecule has 0 radical (unpaired) electrons. The first-order chi connectivity index (χ1) is 18.0. The van der Waals surface area contributed by atoms with E-state index in [1.165, 1.54) is 0 Å². The lowest BCUT2D eigenvalue weighted by Crippen LogP contribution is -2.64. The van der Waals surface area contributed by atoms with Gasteiger partial charge in [0.1, 0.15) is 0 Å². The number of hydrogen-bond donors (Lipinski definition) is 7. The monoisotopic (exact) mass is 565 g/mol. The highest BCUT2D eigenvalue weighted by molar-refractivity contribution is 6.21. The molecule has 0 spiro atoms. The van der Waals surface area contributed by atoms with Crippen molar-refractivity contribution in [1.82, 2.24) is 31.1 Å². The molecule has 6 aliphatic rings. The first kappa shape index (κ1) is 27.9. The van der Waals surface area contributed by atoms with Crippen molar-refractivity contribution in [3.63, 3.8) is 0 Å². The van der Waals surface area contributed by atoms with Gasteiger partial charge in [-0.25, -0.2) is 0 Å². The van der Waals surface area contributed by atoms with Crippen LogP contribution in [0.15, 0.2) is 0 Å². The third-order valence-electron chi connectivity index (χ3n) is 10.7. The van der Waals surface area contributed by atoms with Crippen LogP contribution in [0.4, 0.5) is 13.2 Å². The van der Waals surface area contributed by atoms with Gasteiger partial charge in [0.15, 0.2) is 0 Å². The minimum absolute atomic E-state index is 0.0146. The van der Waals surface area contributed by atoms with Crippen LogP contribution in [0.3, 0.4) is 0 Å². The molecule has 0 aromatic rings. The van der Waals surface area contributed by atoms with Gasteiger partial charge in [0, 0.05) is 61.1 Å². The van der Waals surface area contributed by atoms with E-state index in [0.717, 1.165) is 32.2 Å². The lowest BCUT2D eigenvalue weighted by atomic mass is 9.77. The smallest absolute Gasteiger partial charge is 0.390 e. The van der Waals surface area contributed by atoms with Crippen molar-refractivity contribution < 1.29 is 23.4 Å². The van der Waals surface area contributed by atoms with Crippen molar-refractivity contribution in [3.8, 4) is 0 Å². The molecule has 6 rings (SSSR count). The van der Waals surface area contributed by atoms with Gasteiger partial charge in [-0.05, 0) is 51.5 Å². The van der Waals surface area contributed by atoms with Crippen LogP contribution in [0.5, 0.6) is 0 Å². The summed E-state index contributed by atoms with van der Waals surface area (Å²) in [7, 11) is 2.08. The second kappa shape index (κ2) is 10.5. The molecule has 218 valence electrons. The quantitative estimate of drug-likeness (QED) is 0.226. The summed E-state index contributed by atoms with van der Waals surface area (Å²) >= 11 is 6.12. The van der Waals surface area contributed by atoms with E-state index in [9.17, 15) is 23.4 Å². The Morgan fingerprint density at radius 3 is 2.45 bits per heavy atom. The zero-order chi connectivity index (χ0) is 26.9. The van der Waals surface area contributed by atoms with E-state index < -0.39 is 29.7 Å². The van der Waals surface area contributed by atoms with E-state index in [0.29, 0.717) is 31.6 Å². The Morgan fingerprint density at radius 2 is 1.74 bits per heavy atom. The van der Waals surface area contributed by atoms with Crippen molar-refractivity contribution in [2.45, 2.75) is 105 Å². The molecule has 3 saturated carbocycles. The van der Waals surface area contributed by atoms with Crippen LogP contribution in [-0.4, -0.2) is 113 Å². The summed E-state index contributed by atoms with van der Waals surface area (Å²) in [5, 5.41) is 34.7. The Bertz CT molecular complexity index is 854. The number of likely N-dealkylation sites (tertiary alicyclic amines) is 1. The molecular formula is C25H43ClF3N7O2. The molecule has 3 aliphatic carbocycles. The van der Waals surface area contributed by atoms with Gasteiger partial charge in [-0.3, -0.25) is 26.2 Å². The van der Waals surface area contributed by atoms with Gasteiger partial charge in [0.05, 0.1) is 36.6 Å². The number of hydrogen-bond acceptors (Lipinski definition) is 9. The summed E-state index contributed by atoms with van der Waals surface area (Å²) in [6.45, 7) is 2.21. The van der Waals surface area contributed by atoms with Crippen molar-refractivity contribution in [1.29, 1.82) is 0 Å². The summed E-state index contributed by atoms with van der Waals surface area (Å²) in [5.41, 5.74) is 6.25. The molecule has 0 aromatic heterocycles. The number of nitrogens with one attached hydrogen (secondary N) is 4. The molecule has 0 bridgehead atoms. The highest BCUT2D eigenvalue weighted by Crippen LogP contribution is 2.44. The maximum absolute atomic E-state index is 13.4. The van der Waals surface area contributed by atoms with E-state index in [2.05, 4.69) is 38.1 Å². The van der Waals surface area contributed by atoms with Crippen LogP contribution in [0.2, 0.25) is 0 Å². The Balaban J connectivity index is 0.986. The molecule has 8 unspecified atom stereocenters. The number of rotatable bonds is 5. The highest BCUT2D eigenvalue weighted by Gasteiger charge is 2.54. The van der Waals surface area contributed by atoms with Gasteiger partial charge in [-0.1, -0.05) is 0 Å². The maximum Gasteiger partial charge on any atom is 0.393 e. The van der Waals surface area contributed by atoms with Crippen molar-refractivity contribution >= 4 is 11.6 Å². The van der Waals surface area contributed by atoms with E-state index in [1.807, 2.05) is 0 Å². The SMILES string of the molecule is CN(C[C@H]1C[C@@H](N2CCC3C(N)NCNC32)[C@H](O)[C@@H]1O)C1CC(C2NC3CC(Cl)C(C(F)(F)F)CC3N2)C1. The predicted molar refractivity (Wildman–Crippen MR) is 137 cm³/mol. The fourth-order valence-corrected chi connectivity index (χ4v) is 8.76. The first-order valence-corrected chi connectivity index (χ1v) is 14.7. The average Bonchev–Trinajstić information content (AvgIpc) is 3.49. The van der Waals surface area contributed by atoms with Gasteiger partial charge in [0.25, 0.3) is 0 Å². The molecule has 0 aromatic carbocycles. The first-order valence-electron chi connectivity index (χ1n) is 14.3. The molecule has 8 N–H and O–H groups in total. The molecule has 12 atom stereocenters. The third kappa shape index (κ3) is 5.01. The standard InChI is InChI=1S/C25H43ClF3N7O2/c1-35(9-12-6-19(21(38)20(12)37)36-3-2-14-22(30)31-10-32-24(14)36)13-4-11(5-13)23-33-17-7-15(25(27,28)29)16(26)8-18(17)34-23/h11-24,31-34,37-38H,2-10,30H2,1H3/t11?,12-,13?,14?,15?,16?,17?,18?,19-,20-,21+,22?,23?,24?/m1/s1. The zero-order valence-corrected chi connectivity index (χ0v) is 22.6. The Kier molecular flexibility index (Phi) is 7.72. The molecule has 6 fully saturated rings. The van der Waals surface area contributed by atoms with Gasteiger partial charge in [-0.2, -0.15) is 13.2 Å². The van der Waals surface area contributed by atoms with Crippen LogP contribution >= 0.6 is 11.6 Å². The Labute approximate surface area is 227 Å². The minimum atomic E-state index is -4.26. The van der Waals surface area contributed by atoms with Crippen molar-refractivity contribution in [2.24, 2.45) is 29.4 Å². The number of fused-ring (bicyclic) bond motifs is 2. The normalized spacial score (nSPS) is 51.7. The molecule has 3 heterocycles. The largest absolute Gasteiger partial charge is 0.393 e. The number of aliphatic hydroxyl groups is 2. The van der Waals surface area contributed by atoms with E-state index in [4.69, 9.17) is 17.3 Å². The molecule has 38 heavy (non-hydrogen) atoms. The number of alkyl halides is 4. The second-order valence-corrected chi connectivity index (χ2v) is 13.3. The summed E-state index contributed by atoms with van der Waals surface area (Å²) in [4.78, 5) is 4.60. The van der Waals surface area contributed by atoms with Crippen molar-refractivity contribution in [2.75, 3.05) is 26.8 Å². The van der Waals surface area contributed by atoms with Gasteiger partial charge >= 0.3 is 6.18 Å². The summed E-state index contributed by atoms with van der Waals surface area (Å²) < 4.78 is 40.1. The molecule has 3 aliphatic heterocycles. The summed E-state index contributed by atoms with van der Waals surface area (Å²) in [6, 6.07) is 0.0594. The fourth-order valence-electron chi connectivity index (χ4n) is 8.33. The number of nitrogens with zero attached hydrogens (tertiary/aromatic N) is 2.